The van der Waals surface area contributed by atoms with E-state index in [0.717, 1.165) is 12.8 Å². The topological polar surface area (TPSA) is 71.1 Å². The number of nitrogens with zero attached hydrogens (tertiary/aromatic N) is 1. The van der Waals surface area contributed by atoms with Crippen LogP contribution in [0.2, 0.25) is 0 Å². The Morgan fingerprint density at radius 2 is 1.85 bits per heavy atom. The minimum absolute atomic E-state index is 0.202. The van der Waals surface area contributed by atoms with Crippen LogP contribution in [0.1, 0.15) is 45.4 Å². The first-order valence-corrected chi connectivity index (χ1v) is 8.72. The highest BCUT2D eigenvalue weighted by Crippen LogP contribution is 2.17. The van der Waals surface area contributed by atoms with E-state index in [4.69, 9.17) is 0 Å². The zero-order valence-electron chi connectivity index (χ0n) is 12.4. The first-order chi connectivity index (χ1) is 9.61. The number of anilines is 1. The number of aromatic nitrogens is 1. The minimum atomic E-state index is -3.48. The van der Waals surface area contributed by atoms with Crippen LogP contribution in [0.25, 0.3) is 0 Å². The molecular formula is C14H25N3O2S. The fraction of sp³-hybridized carbons (Fsp3) is 0.643. The summed E-state index contributed by atoms with van der Waals surface area (Å²) < 4.78 is 26.9. The molecule has 1 heterocycles. The minimum Gasteiger partial charge on any atom is -0.372 e. The fourth-order valence-corrected chi connectivity index (χ4v) is 3.22. The first-order valence-electron chi connectivity index (χ1n) is 7.24. The maximum atomic E-state index is 12.2. The summed E-state index contributed by atoms with van der Waals surface area (Å²) in [6.07, 6.45) is 8.39. The molecule has 0 fully saturated rings. The van der Waals surface area contributed by atoms with Gasteiger partial charge in [-0.3, -0.25) is 0 Å². The number of unbranched alkanes of at least 4 members (excludes halogenated alkanes) is 5. The number of pyridine rings is 1. The Bertz CT molecular complexity index is 489. The molecule has 0 aliphatic carbocycles. The van der Waals surface area contributed by atoms with Gasteiger partial charge in [0.15, 0.2) is 0 Å². The molecule has 20 heavy (non-hydrogen) atoms. The Hall–Kier alpha value is -1.14. The fourth-order valence-electron chi connectivity index (χ4n) is 1.98. The second kappa shape index (κ2) is 8.92. The van der Waals surface area contributed by atoms with E-state index in [0.29, 0.717) is 12.4 Å². The molecule has 1 aromatic heterocycles. The molecule has 0 saturated carbocycles. The predicted octanol–water partition coefficient (Wildman–Crippen LogP) is 2.76. The van der Waals surface area contributed by atoms with Crippen molar-refractivity contribution in [1.82, 2.24) is 9.71 Å². The molecule has 0 aliphatic rings. The van der Waals surface area contributed by atoms with Crippen molar-refractivity contribution in [3.8, 4) is 0 Å². The van der Waals surface area contributed by atoms with Crippen molar-refractivity contribution in [1.29, 1.82) is 0 Å². The molecule has 6 heteroatoms. The summed E-state index contributed by atoms with van der Waals surface area (Å²) in [6.45, 7) is 2.66. The third kappa shape index (κ3) is 5.46. The SMILES string of the molecule is CCCCCCCCNS(=O)(=O)c1cccnc1NC. The van der Waals surface area contributed by atoms with Gasteiger partial charge in [-0.2, -0.15) is 0 Å². The maximum absolute atomic E-state index is 12.2. The molecule has 0 saturated heterocycles. The van der Waals surface area contributed by atoms with Gasteiger partial charge in [0.1, 0.15) is 10.7 Å². The second-order valence-electron chi connectivity index (χ2n) is 4.77. The number of hydrogen-bond acceptors (Lipinski definition) is 4. The number of hydrogen-bond donors (Lipinski definition) is 2. The van der Waals surface area contributed by atoms with Crippen LogP contribution in [0.15, 0.2) is 23.2 Å². The largest absolute Gasteiger partial charge is 0.372 e. The number of rotatable bonds is 10. The number of nitrogens with one attached hydrogen (secondary N) is 2. The van der Waals surface area contributed by atoms with Gasteiger partial charge in [0.05, 0.1) is 0 Å². The summed E-state index contributed by atoms with van der Waals surface area (Å²) in [4.78, 5) is 4.21. The zero-order chi connectivity index (χ0) is 14.8. The van der Waals surface area contributed by atoms with Crippen molar-refractivity contribution in [2.75, 3.05) is 18.9 Å². The molecule has 1 rings (SSSR count). The van der Waals surface area contributed by atoms with Crippen LogP contribution in [0, 0.1) is 0 Å². The second-order valence-corrected chi connectivity index (χ2v) is 6.50. The van der Waals surface area contributed by atoms with Crippen LogP contribution < -0.4 is 10.0 Å². The van der Waals surface area contributed by atoms with E-state index in [9.17, 15) is 8.42 Å². The normalized spacial score (nSPS) is 11.5. The summed E-state index contributed by atoms with van der Waals surface area (Å²) >= 11 is 0. The van der Waals surface area contributed by atoms with Gasteiger partial charge in [0, 0.05) is 19.8 Å². The van der Waals surface area contributed by atoms with Crippen LogP contribution in [0.3, 0.4) is 0 Å². The molecular weight excluding hydrogens is 274 g/mol. The van der Waals surface area contributed by atoms with Crippen LogP contribution in [-0.4, -0.2) is 27.0 Å². The Balaban J connectivity index is 2.42. The zero-order valence-corrected chi connectivity index (χ0v) is 13.2. The molecule has 1 aromatic rings. The van der Waals surface area contributed by atoms with Crippen molar-refractivity contribution in [2.24, 2.45) is 0 Å². The van der Waals surface area contributed by atoms with Gasteiger partial charge >= 0.3 is 0 Å². The van der Waals surface area contributed by atoms with Crippen molar-refractivity contribution in [3.63, 3.8) is 0 Å². The summed E-state index contributed by atoms with van der Waals surface area (Å²) in [7, 11) is -1.81. The van der Waals surface area contributed by atoms with Gasteiger partial charge < -0.3 is 5.32 Å². The highest BCUT2D eigenvalue weighted by Gasteiger charge is 2.17. The van der Waals surface area contributed by atoms with Gasteiger partial charge in [0.2, 0.25) is 10.0 Å². The van der Waals surface area contributed by atoms with Gasteiger partial charge in [-0.25, -0.2) is 18.1 Å². The molecule has 5 nitrogen and oxygen atoms in total. The van der Waals surface area contributed by atoms with E-state index in [2.05, 4.69) is 21.9 Å². The van der Waals surface area contributed by atoms with Crippen LogP contribution in [0.4, 0.5) is 5.82 Å². The van der Waals surface area contributed by atoms with E-state index in [1.807, 2.05) is 0 Å². The molecule has 0 bridgehead atoms. The lowest BCUT2D eigenvalue weighted by molar-refractivity contribution is 0.567. The van der Waals surface area contributed by atoms with Crippen LogP contribution in [-0.2, 0) is 10.0 Å². The van der Waals surface area contributed by atoms with E-state index in [1.165, 1.54) is 25.7 Å². The van der Waals surface area contributed by atoms with Crippen molar-refractivity contribution < 1.29 is 8.42 Å². The lowest BCUT2D eigenvalue weighted by atomic mass is 10.1. The average molecular weight is 299 g/mol. The standard InChI is InChI=1S/C14H25N3O2S/c1-3-4-5-6-7-8-12-17-20(18,19)13-10-9-11-16-14(13)15-2/h9-11,17H,3-8,12H2,1-2H3,(H,15,16). The Morgan fingerprint density at radius 1 is 1.15 bits per heavy atom. The van der Waals surface area contributed by atoms with E-state index < -0.39 is 10.0 Å². The highest BCUT2D eigenvalue weighted by atomic mass is 32.2. The molecule has 0 unspecified atom stereocenters. The monoisotopic (exact) mass is 299 g/mol. The summed E-state index contributed by atoms with van der Waals surface area (Å²) in [5.41, 5.74) is 0. The average Bonchev–Trinajstić information content (AvgIpc) is 2.46. The third-order valence-electron chi connectivity index (χ3n) is 3.12. The summed E-state index contributed by atoms with van der Waals surface area (Å²) in [6, 6.07) is 3.18. The lowest BCUT2D eigenvalue weighted by Crippen LogP contribution is -2.25. The van der Waals surface area contributed by atoms with E-state index in [-0.39, 0.29) is 4.90 Å². The summed E-state index contributed by atoms with van der Waals surface area (Å²) in [5.74, 6) is 0.378. The lowest BCUT2D eigenvalue weighted by Gasteiger charge is -2.10. The van der Waals surface area contributed by atoms with Gasteiger partial charge in [-0.15, -0.1) is 0 Å². The first kappa shape index (κ1) is 16.9. The quantitative estimate of drug-likeness (QED) is 0.652. The smallest absolute Gasteiger partial charge is 0.244 e. The highest BCUT2D eigenvalue weighted by molar-refractivity contribution is 7.89. The molecule has 0 aliphatic heterocycles. The maximum Gasteiger partial charge on any atom is 0.244 e. The molecule has 0 spiro atoms. The van der Waals surface area contributed by atoms with Crippen molar-refractivity contribution in [2.45, 2.75) is 50.3 Å². The Morgan fingerprint density at radius 3 is 2.55 bits per heavy atom. The van der Waals surface area contributed by atoms with Crippen molar-refractivity contribution in [3.05, 3.63) is 18.3 Å². The third-order valence-corrected chi connectivity index (χ3v) is 4.61. The number of sulfonamides is 1. The predicted molar refractivity (Wildman–Crippen MR) is 82.3 cm³/mol. The molecule has 0 aromatic carbocycles. The molecule has 2 N–H and O–H groups in total. The van der Waals surface area contributed by atoms with Crippen LogP contribution >= 0.6 is 0 Å². The van der Waals surface area contributed by atoms with Gasteiger partial charge in [-0.1, -0.05) is 39.0 Å². The van der Waals surface area contributed by atoms with Crippen molar-refractivity contribution >= 4 is 15.8 Å². The van der Waals surface area contributed by atoms with Crippen LogP contribution in [0.5, 0.6) is 0 Å². The summed E-state index contributed by atoms with van der Waals surface area (Å²) in [5, 5.41) is 2.80. The van der Waals surface area contributed by atoms with E-state index >= 15 is 0 Å². The molecule has 0 amide bonds. The Kier molecular flexibility index (Phi) is 7.54. The van der Waals surface area contributed by atoms with Gasteiger partial charge in [0.25, 0.3) is 0 Å². The Labute approximate surface area is 122 Å². The molecule has 0 atom stereocenters. The molecule has 114 valence electrons. The molecule has 0 radical (unpaired) electrons. The van der Waals surface area contributed by atoms with E-state index in [1.54, 1.807) is 25.4 Å². The van der Waals surface area contributed by atoms with Gasteiger partial charge in [-0.05, 0) is 18.6 Å².